The second kappa shape index (κ2) is 4.29. The van der Waals surface area contributed by atoms with E-state index in [9.17, 15) is 0 Å². The molecule has 0 spiro atoms. The Kier molecular flexibility index (Phi) is 2.84. The van der Waals surface area contributed by atoms with E-state index in [1.54, 1.807) is 7.11 Å². The van der Waals surface area contributed by atoms with Crippen LogP contribution in [0.5, 0.6) is 0 Å². The second-order valence-electron chi connectivity index (χ2n) is 3.40. The molecule has 1 N–H and O–H groups in total. The summed E-state index contributed by atoms with van der Waals surface area (Å²) in [5, 5.41) is 1.26. The van der Waals surface area contributed by atoms with Gasteiger partial charge in [-0.1, -0.05) is 12.1 Å². The highest BCUT2D eigenvalue weighted by molar-refractivity contribution is 5.79. The van der Waals surface area contributed by atoms with Crippen LogP contribution in [-0.2, 0) is 11.2 Å². The molecular weight excluding hydrogens is 174 g/mol. The molecule has 73 valence electrons. The first-order valence-corrected chi connectivity index (χ1v) is 4.87. The highest BCUT2D eigenvalue weighted by atomic mass is 16.5. The number of aryl methyl sites for hydroxylation is 1. The molecule has 1 radical (unpaired) electrons. The van der Waals surface area contributed by atoms with Crippen LogP contribution >= 0.6 is 0 Å². The van der Waals surface area contributed by atoms with Gasteiger partial charge < -0.3 is 9.72 Å². The molecule has 2 rings (SSSR count). The van der Waals surface area contributed by atoms with E-state index in [0.717, 1.165) is 19.4 Å². The van der Waals surface area contributed by atoms with Gasteiger partial charge in [0.1, 0.15) is 0 Å². The molecule has 2 nitrogen and oxygen atoms in total. The Morgan fingerprint density at radius 2 is 2.43 bits per heavy atom. The molecule has 14 heavy (non-hydrogen) atoms. The van der Waals surface area contributed by atoms with Crippen molar-refractivity contribution in [1.82, 2.24) is 4.98 Å². The SMILES string of the molecule is COCCCc1cc2cc[c]cc2[nH]1. The number of hydrogen-bond acceptors (Lipinski definition) is 1. The van der Waals surface area contributed by atoms with Gasteiger partial charge in [0.25, 0.3) is 0 Å². The maximum absolute atomic E-state index is 5.02. The third-order valence-electron chi connectivity index (χ3n) is 2.32. The molecule has 0 unspecified atom stereocenters. The molecule has 0 amide bonds. The van der Waals surface area contributed by atoms with Crippen molar-refractivity contribution >= 4 is 10.9 Å². The highest BCUT2D eigenvalue weighted by Crippen LogP contribution is 2.15. The molecule has 2 aromatic rings. The summed E-state index contributed by atoms with van der Waals surface area (Å²) >= 11 is 0. The molecule has 0 aliphatic carbocycles. The number of fused-ring (bicyclic) bond motifs is 1. The topological polar surface area (TPSA) is 25.0 Å². The third-order valence-corrected chi connectivity index (χ3v) is 2.32. The average Bonchev–Trinajstić information content (AvgIpc) is 2.60. The summed E-state index contributed by atoms with van der Waals surface area (Å²) in [5.74, 6) is 0. The Hall–Kier alpha value is -1.28. The van der Waals surface area contributed by atoms with Gasteiger partial charge in [0.05, 0.1) is 0 Å². The third kappa shape index (κ3) is 1.96. The molecule has 0 saturated heterocycles. The molecule has 0 aliphatic heterocycles. The first-order valence-electron chi connectivity index (χ1n) is 4.87. The van der Waals surface area contributed by atoms with Gasteiger partial charge in [0.15, 0.2) is 0 Å². The van der Waals surface area contributed by atoms with Crippen LogP contribution < -0.4 is 0 Å². The van der Waals surface area contributed by atoms with Gasteiger partial charge in [-0.15, -0.1) is 0 Å². The van der Waals surface area contributed by atoms with Crippen LogP contribution in [0.15, 0.2) is 24.3 Å². The predicted molar refractivity (Wildman–Crippen MR) is 57.3 cm³/mol. The smallest absolute Gasteiger partial charge is 0.0465 e. The van der Waals surface area contributed by atoms with Gasteiger partial charge in [0.2, 0.25) is 0 Å². The van der Waals surface area contributed by atoms with Crippen molar-refractivity contribution in [3.05, 3.63) is 36.0 Å². The lowest BCUT2D eigenvalue weighted by atomic mass is 10.2. The molecule has 0 bridgehead atoms. The van der Waals surface area contributed by atoms with E-state index in [1.165, 1.54) is 16.6 Å². The number of nitrogens with one attached hydrogen (secondary N) is 1. The number of methoxy groups -OCH3 is 1. The molecule has 0 fully saturated rings. The maximum atomic E-state index is 5.02. The molecule has 0 atom stereocenters. The van der Waals surface area contributed by atoms with E-state index < -0.39 is 0 Å². The fraction of sp³-hybridized carbons (Fsp3) is 0.333. The Morgan fingerprint density at radius 1 is 1.50 bits per heavy atom. The fourth-order valence-electron chi connectivity index (χ4n) is 1.61. The summed E-state index contributed by atoms with van der Waals surface area (Å²) in [6, 6.07) is 11.2. The van der Waals surface area contributed by atoms with Crippen LogP contribution in [0.2, 0.25) is 0 Å². The number of ether oxygens (including phenoxy) is 1. The Balaban J connectivity index is 2.11. The van der Waals surface area contributed by atoms with Gasteiger partial charge in [-0.3, -0.25) is 0 Å². The molecular formula is C12H14NO. The summed E-state index contributed by atoms with van der Waals surface area (Å²) in [7, 11) is 1.74. The van der Waals surface area contributed by atoms with E-state index in [1.807, 2.05) is 12.1 Å². The molecule has 0 aliphatic rings. The van der Waals surface area contributed by atoms with Crippen molar-refractivity contribution in [3.8, 4) is 0 Å². The van der Waals surface area contributed by atoms with Crippen molar-refractivity contribution in [2.75, 3.05) is 13.7 Å². The van der Waals surface area contributed by atoms with E-state index in [4.69, 9.17) is 4.74 Å². The highest BCUT2D eigenvalue weighted by Gasteiger charge is 1.98. The lowest BCUT2D eigenvalue weighted by molar-refractivity contribution is 0.195. The number of aromatic nitrogens is 1. The van der Waals surface area contributed by atoms with Gasteiger partial charge in [0, 0.05) is 24.9 Å². The summed E-state index contributed by atoms with van der Waals surface area (Å²) < 4.78 is 5.02. The predicted octanol–water partition coefficient (Wildman–Crippen LogP) is 2.55. The summed E-state index contributed by atoms with van der Waals surface area (Å²) in [6.45, 7) is 0.821. The minimum atomic E-state index is 0.821. The van der Waals surface area contributed by atoms with Crippen molar-refractivity contribution in [2.45, 2.75) is 12.8 Å². The van der Waals surface area contributed by atoms with E-state index in [2.05, 4.69) is 23.2 Å². The lowest BCUT2D eigenvalue weighted by Gasteiger charge is -1.96. The normalized spacial score (nSPS) is 10.9. The zero-order chi connectivity index (χ0) is 9.80. The van der Waals surface area contributed by atoms with Crippen LogP contribution in [0.1, 0.15) is 12.1 Å². The zero-order valence-corrected chi connectivity index (χ0v) is 8.34. The second-order valence-corrected chi connectivity index (χ2v) is 3.40. The van der Waals surface area contributed by atoms with Crippen molar-refractivity contribution in [1.29, 1.82) is 0 Å². The van der Waals surface area contributed by atoms with Gasteiger partial charge in [-0.25, -0.2) is 0 Å². The van der Waals surface area contributed by atoms with Gasteiger partial charge in [-0.2, -0.15) is 0 Å². The maximum Gasteiger partial charge on any atom is 0.0465 e. The van der Waals surface area contributed by atoms with Crippen molar-refractivity contribution < 1.29 is 4.74 Å². The van der Waals surface area contributed by atoms with Gasteiger partial charge in [-0.05, 0) is 36.4 Å². The minimum absolute atomic E-state index is 0.821. The fourth-order valence-corrected chi connectivity index (χ4v) is 1.61. The number of H-pyrrole nitrogens is 1. The van der Waals surface area contributed by atoms with Crippen molar-refractivity contribution in [2.24, 2.45) is 0 Å². The van der Waals surface area contributed by atoms with Gasteiger partial charge >= 0.3 is 0 Å². The standard InChI is InChI=1S/C12H14NO/c1-14-8-4-6-11-9-10-5-2-3-7-12(10)13-11/h2,5,7,9,13H,4,6,8H2,1H3. The number of benzene rings is 1. The molecule has 1 aromatic heterocycles. The van der Waals surface area contributed by atoms with Crippen LogP contribution in [0.4, 0.5) is 0 Å². The first-order chi connectivity index (χ1) is 6.90. The Bertz CT molecular complexity index is 372. The minimum Gasteiger partial charge on any atom is -0.385 e. The molecule has 1 aromatic carbocycles. The molecule has 1 heterocycles. The lowest BCUT2D eigenvalue weighted by Crippen LogP contribution is -1.92. The van der Waals surface area contributed by atoms with E-state index in [0.29, 0.717) is 0 Å². The van der Waals surface area contributed by atoms with Crippen LogP contribution in [-0.4, -0.2) is 18.7 Å². The van der Waals surface area contributed by atoms with Crippen molar-refractivity contribution in [3.63, 3.8) is 0 Å². The number of rotatable bonds is 4. The van der Waals surface area contributed by atoms with Crippen LogP contribution in [0, 0.1) is 6.07 Å². The first kappa shape index (κ1) is 9.28. The monoisotopic (exact) mass is 188 g/mol. The van der Waals surface area contributed by atoms with Crippen LogP contribution in [0.3, 0.4) is 0 Å². The van der Waals surface area contributed by atoms with E-state index >= 15 is 0 Å². The summed E-state index contributed by atoms with van der Waals surface area (Å²) in [5.41, 5.74) is 2.44. The summed E-state index contributed by atoms with van der Waals surface area (Å²) in [6.07, 6.45) is 2.11. The van der Waals surface area contributed by atoms with E-state index in [-0.39, 0.29) is 0 Å². The quantitative estimate of drug-likeness (QED) is 0.733. The number of aromatic amines is 1. The largest absolute Gasteiger partial charge is 0.385 e. The average molecular weight is 188 g/mol. The zero-order valence-electron chi connectivity index (χ0n) is 8.34. The Morgan fingerprint density at radius 3 is 3.21 bits per heavy atom. The molecule has 0 saturated carbocycles. The van der Waals surface area contributed by atoms with Crippen LogP contribution in [0.25, 0.3) is 10.9 Å². The number of hydrogen-bond donors (Lipinski definition) is 1. The molecule has 2 heteroatoms. The summed E-state index contributed by atoms with van der Waals surface area (Å²) in [4.78, 5) is 3.37. The Labute approximate surface area is 83.9 Å².